The van der Waals surface area contributed by atoms with Crippen molar-refractivity contribution in [3.8, 4) is 5.95 Å². The number of halogens is 2. The van der Waals surface area contributed by atoms with Gasteiger partial charge in [-0.2, -0.15) is 15.0 Å². The van der Waals surface area contributed by atoms with Gasteiger partial charge in [-0.3, -0.25) is 4.57 Å². The summed E-state index contributed by atoms with van der Waals surface area (Å²) >= 11 is 0. The molecule has 38 heavy (non-hydrogen) atoms. The maximum atomic E-state index is 14.0. The van der Waals surface area contributed by atoms with Gasteiger partial charge in [0, 0.05) is 38.4 Å². The predicted molar refractivity (Wildman–Crippen MR) is 142 cm³/mol. The van der Waals surface area contributed by atoms with Crippen LogP contribution in [-0.4, -0.2) is 63.9 Å². The van der Waals surface area contributed by atoms with E-state index in [-0.39, 0.29) is 5.95 Å². The van der Waals surface area contributed by atoms with Crippen LogP contribution >= 0.6 is 0 Å². The lowest BCUT2D eigenvalue weighted by molar-refractivity contribution is 0.122. The summed E-state index contributed by atoms with van der Waals surface area (Å²) in [7, 11) is 0. The Hall–Kier alpha value is -3.86. The van der Waals surface area contributed by atoms with Crippen molar-refractivity contribution >= 4 is 28.6 Å². The lowest BCUT2D eigenvalue weighted by atomic mass is 10.1. The molecule has 1 N–H and O–H groups in total. The van der Waals surface area contributed by atoms with Crippen LogP contribution in [0.25, 0.3) is 17.0 Å². The van der Waals surface area contributed by atoms with Crippen molar-refractivity contribution in [1.82, 2.24) is 24.5 Å². The van der Waals surface area contributed by atoms with E-state index in [1.54, 1.807) is 24.3 Å². The Kier molecular flexibility index (Phi) is 7.00. The van der Waals surface area contributed by atoms with E-state index in [1.807, 2.05) is 4.90 Å². The molecule has 2 aromatic carbocycles. The Morgan fingerprint density at radius 2 is 1.53 bits per heavy atom. The van der Waals surface area contributed by atoms with E-state index < -0.39 is 12.2 Å². The molecule has 6 rings (SSSR count). The van der Waals surface area contributed by atoms with Crippen molar-refractivity contribution in [2.24, 2.45) is 0 Å². The number of alkyl halides is 2. The number of anilines is 3. The second-order valence-electron chi connectivity index (χ2n) is 9.52. The molecule has 9 nitrogen and oxygen atoms in total. The van der Waals surface area contributed by atoms with Crippen LogP contribution in [0.3, 0.4) is 0 Å². The van der Waals surface area contributed by atoms with Crippen molar-refractivity contribution in [3.63, 3.8) is 0 Å². The second-order valence-corrected chi connectivity index (χ2v) is 9.52. The highest BCUT2D eigenvalue weighted by Gasteiger charge is 2.24. The minimum Gasteiger partial charge on any atom is -0.378 e. The largest absolute Gasteiger partial charge is 0.378 e. The number of ether oxygens (including phenoxy) is 1. The summed E-state index contributed by atoms with van der Waals surface area (Å²) in [6, 6.07) is 15.5. The number of hydrogen-bond acceptors (Lipinski definition) is 8. The lowest BCUT2D eigenvalue weighted by Gasteiger charge is -2.28. The van der Waals surface area contributed by atoms with Gasteiger partial charge in [0.05, 0.1) is 24.2 Å². The number of hydrogen-bond donors (Lipinski definition) is 1. The van der Waals surface area contributed by atoms with Crippen molar-refractivity contribution in [1.29, 1.82) is 0 Å². The van der Waals surface area contributed by atoms with E-state index in [0.29, 0.717) is 55.8 Å². The monoisotopic (exact) mass is 520 g/mol. The maximum Gasteiger partial charge on any atom is 0.296 e. The van der Waals surface area contributed by atoms with E-state index in [9.17, 15) is 8.78 Å². The normalized spacial score (nSPS) is 16.4. The second kappa shape index (κ2) is 10.9. The molecule has 2 fully saturated rings. The molecule has 2 aliphatic heterocycles. The molecule has 0 bridgehead atoms. The van der Waals surface area contributed by atoms with Crippen LogP contribution < -0.4 is 15.1 Å². The van der Waals surface area contributed by atoms with Gasteiger partial charge in [-0.25, -0.2) is 13.8 Å². The van der Waals surface area contributed by atoms with Gasteiger partial charge in [0.25, 0.3) is 6.43 Å². The average Bonchev–Trinajstić information content (AvgIpc) is 3.37. The molecular weight excluding hydrogens is 490 g/mol. The van der Waals surface area contributed by atoms with E-state index in [4.69, 9.17) is 4.74 Å². The first-order chi connectivity index (χ1) is 18.7. The van der Waals surface area contributed by atoms with E-state index >= 15 is 0 Å². The third-order valence-corrected chi connectivity index (χ3v) is 7.00. The van der Waals surface area contributed by atoms with Crippen LogP contribution in [0.5, 0.6) is 0 Å². The Labute approximate surface area is 219 Å². The van der Waals surface area contributed by atoms with Crippen LogP contribution in [-0.2, 0) is 11.3 Å². The quantitative estimate of drug-likeness (QED) is 0.379. The van der Waals surface area contributed by atoms with Crippen LogP contribution in [0, 0.1) is 0 Å². The first kappa shape index (κ1) is 24.5. The number of nitrogens with one attached hydrogen (secondary N) is 1. The first-order valence-electron chi connectivity index (χ1n) is 13.1. The molecule has 4 heterocycles. The number of nitrogens with zero attached hydrogens (tertiary/aromatic N) is 7. The summed E-state index contributed by atoms with van der Waals surface area (Å²) < 4.78 is 34.9. The lowest BCUT2D eigenvalue weighted by Crippen LogP contribution is -2.37. The molecule has 0 amide bonds. The fraction of sp³-hybridized carbons (Fsp3) is 0.407. The molecule has 4 aromatic rings. The van der Waals surface area contributed by atoms with Crippen LogP contribution in [0.4, 0.5) is 26.4 Å². The zero-order valence-electron chi connectivity index (χ0n) is 21.1. The van der Waals surface area contributed by atoms with Gasteiger partial charge in [0.2, 0.25) is 17.8 Å². The van der Waals surface area contributed by atoms with Gasteiger partial charge in [-0.1, -0.05) is 24.3 Å². The summed E-state index contributed by atoms with van der Waals surface area (Å²) in [6.45, 7) is 4.98. The smallest absolute Gasteiger partial charge is 0.296 e. The van der Waals surface area contributed by atoms with Crippen molar-refractivity contribution in [2.75, 3.05) is 54.5 Å². The molecule has 0 unspecified atom stereocenters. The maximum absolute atomic E-state index is 14.0. The first-order valence-corrected chi connectivity index (χ1v) is 13.1. The molecule has 198 valence electrons. The molecular formula is C27H30F2N8O. The number of imidazole rings is 1. The highest BCUT2D eigenvalue weighted by atomic mass is 19.3. The number of para-hydroxylation sites is 2. The fourth-order valence-corrected chi connectivity index (χ4v) is 5.00. The van der Waals surface area contributed by atoms with Crippen molar-refractivity contribution in [2.45, 2.75) is 32.2 Å². The summed E-state index contributed by atoms with van der Waals surface area (Å²) in [6.07, 6.45) is 0.971. The number of rotatable bonds is 7. The van der Waals surface area contributed by atoms with E-state index in [0.717, 1.165) is 18.7 Å². The molecule has 11 heteroatoms. The van der Waals surface area contributed by atoms with Crippen LogP contribution in [0.15, 0.2) is 48.5 Å². The third-order valence-electron chi connectivity index (χ3n) is 7.00. The van der Waals surface area contributed by atoms with Gasteiger partial charge >= 0.3 is 0 Å². The third kappa shape index (κ3) is 5.10. The number of morpholine rings is 1. The number of fused-ring (bicyclic) bond motifs is 1. The fourth-order valence-electron chi connectivity index (χ4n) is 5.00. The Bertz CT molecular complexity index is 1380. The van der Waals surface area contributed by atoms with Gasteiger partial charge in [-0.05, 0) is 49.1 Å². The molecule has 0 aliphatic carbocycles. The minimum absolute atomic E-state index is 0.105. The summed E-state index contributed by atoms with van der Waals surface area (Å²) in [5.41, 5.74) is 3.28. The summed E-state index contributed by atoms with van der Waals surface area (Å²) in [4.78, 5) is 22.4. The Morgan fingerprint density at radius 1 is 0.789 bits per heavy atom. The van der Waals surface area contributed by atoms with Gasteiger partial charge in [0.15, 0.2) is 5.82 Å². The highest BCUT2D eigenvalue weighted by molar-refractivity contribution is 5.77. The van der Waals surface area contributed by atoms with Crippen LogP contribution in [0.2, 0.25) is 0 Å². The summed E-state index contributed by atoms with van der Waals surface area (Å²) in [5, 5.41) is 3.28. The molecule has 0 spiro atoms. The Balaban J connectivity index is 1.31. The Morgan fingerprint density at radius 3 is 2.29 bits per heavy atom. The number of piperidine rings is 1. The van der Waals surface area contributed by atoms with Gasteiger partial charge < -0.3 is 19.9 Å². The molecule has 0 saturated carbocycles. The molecule has 2 saturated heterocycles. The molecule has 2 aromatic heterocycles. The van der Waals surface area contributed by atoms with E-state index in [1.165, 1.54) is 29.5 Å². The number of benzene rings is 2. The molecule has 0 atom stereocenters. The van der Waals surface area contributed by atoms with Crippen LogP contribution in [0.1, 0.15) is 37.1 Å². The zero-order valence-corrected chi connectivity index (χ0v) is 21.1. The predicted octanol–water partition coefficient (Wildman–Crippen LogP) is 4.59. The SMILES string of the molecule is FC(F)c1nc2ccccc2n1-c1nc(NCc2ccc(N3CCCCC3)cc2)nc(N2CCOCC2)n1. The highest BCUT2D eigenvalue weighted by Crippen LogP contribution is 2.28. The summed E-state index contributed by atoms with van der Waals surface area (Å²) in [5.74, 6) is 0.437. The standard InChI is InChI=1S/C27H30F2N8O/c28-23(29)24-31-21-6-2-3-7-22(21)37(24)27-33-25(32-26(34-27)36-14-16-38-17-15-36)30-18-19-8-10-20(11-9-19)35-12-4-1-5-13-35/h2-3,6-11,23H,1,4-5,12-18H2,(H,30,32,33,34). The van der Waals surface area contributed by atoms with Crippen molar-refractivity contribution < 1.29 is 13.5 Å². The average molecular weight is 521 g/mol. The van der Waals surface area contributed by atoms with Gasteiger partial charge in [-0.15, -0.1) is 0 Å². The van der Waals surface area contributed by atoms with Gasteiger partial charge in [0.1, 0.15) is 0 Å². The van der Waals surface area contributed by atoms with E-state index in [2.05, 4.69) is 54.4 Å². The molecule has 0 radical (unpaired) electrons. The zero-order chi connectivity index (χ0) is 25.9. The number of aromatic nitrogens is 5. The minimum atomic E-state index is -2.79. The van der Waals surface area contributed by atoms with Crippen molar-refractivity contribution in [3.05, 3.63) is 59.9 Å². The molecule has 2 aliphatic rings. The topological polar surface area (TPSA) is 84.2 Å².